The molecule has 0 aliphatic carbocycles. The number of carbonyl (C=O) groups is 1. The molecule has 0 N–H and O–H groups in total. The van der Waals surface area contributed by atoms with Gasteiger partial charge in [-0.1, -0.05) is 58.3 Å². The predicted octanol–water partition coefficient (Wildman–Crippen LogP) is 2.60. The van der Waals surface area contributed by atoms with Crippen molar-refractivity contribution in [2.75, 3.05) is 0 Å². The van der Waals surface area contributed by atoms with Crippen LogP contribution in [-0.2, 0) is 18.4 Å². The molecule has 1 heterocycles. The third-order valence-corrected chi connectivity index (χ3v) is 3.59. The Bertz CT molecular complexity index is 337. The topological polar surface area (TPSA) is 48.9 Å². The first-order chi connectivity index (χ1) is 10.2. The lowest BCUT2D eigenvalue weighted by molar-refractivity contribution is -0.696. The molecular formula is C17H32N2O2. The highest BCUT2D eigenvalue weighted by Crippen LogP contribution is 2.10. The fourth-order valence-corrected chi connectivity index (χ4v) is 2.42. The van der Waals surface area contributed by atoms with E-state index in [1.165, 1.54) is 70.8 Å². The number of unbranched alkanes of at least 4 members (excludes halogenated alkanes) is 9. The van der Waals surface area contributed by atoms with Crippen LogP contribution in [0.15, 0.2) is 18.7 Å². The minimum atomic E-state index is -0.500. The van der Waals surface area contributed by atoms with Crippen LogP contribution in [0, 0.1) is 0 Å². The molecule has 0 atom stereocenters. The van der Waals surface area contributed by atoms with Crippen LogP contribution in [0.1, 0.15) is 71.1 Å². The summed E-state index contributed by atoms with van der Waals surface area (Å²) in [4.78, 5) is 8.25. The minimum absolute atomic E-state index is 0.500. The molecule has 0 saturated heterocycles. The molecular weight excluding hydrogens is 264 g/mol. The zero-order valence-electron chi connectivity index (χ0n) is 13.8. The molecule has 0 radical (unpaired) electrons. The molecule has 0 spiro atoms. The minimum Gasteiger partial charge on any atom is -0.554 e. The zero-order chi connectivity index (χ0) is 15.8. The smallest absolute Gasteiger partial charge is 0.243 e. The average Bonchev–Trinajstić information content (AvgIpc) is 2.87. The Kier molecular flexibility index (Phi) is 14.1. The van der Waals surface area contributed by atoms with E-state index in [-0.39, 0.29) is 0 Å². The van der Waals surface area contributed by atoms with Gasteiger partial charge in [0.25, 0.3) is 0 Å². The van der Waals surface area contributed by atoms with Crippen molar-refractivity contribution in [2.24, 2.45) is 7.05 Å². The van der Waals surface area contributed by atoms with Crippen LogP contribution >= 0.6 is 0 Å². The molecule has 0 bridgehead atoms. The summed E-state index contributed by atoms with van der Waals surface area (Å²) in [7, 11) is 2.08. The molecule has 4 nitrogen and oxygen atoms in total. The van der Waals surface area contributed by atoms with E-state index in [1.807, 2.05) is 0 Å². The van der Waals surface area contributed by atoms with E-state index in [0.717, 1.165) is 0 Å². The van der Waals surface area contributed by atoms with E-state index < -0.39 is 6.47 Å². The number of aryl methyl sites for hydroxylation is 2. The van der Waals surface area contributed by atoms with Crippen LogP contribution in [0.4, 0.5) is 0 Å². The normalized spacial score (nSPS) is 10.0. The SMILES string of the molecule is CCCCCCCCCCCC[n+]1ccn(C)c1.O=C[O-]. The summed E-state index contributed by atoms with van der Waals surface area (Å²) in [6.45, 7) is 2.96. The molecule has 0 aromatic carbocycles. The molecule has 0 amide bonds. The fraction of sp³-hybridized carbons (Fsp3) is 0.765. The number of hydrogen-bond acceptors (Lipinski definition) is 2. The fourth-order valence-electron chi connectivity index (χ4n) is 2.42. The Morgan fingerprint density at radius 1 is 1.00 bits per heavy atom. The Morgan fingerprint density at radius 3 is 1.90 bits per heavy atom. The number of imidazole rings is 1. The summed E-state index contributed by atoms with van der Waals surface area (Å²) in [5.74, 6) is 0. The first kappa shape index (κ1) is 19.7. The molecule has 4 heteroatoms. The van der Waals surface area contributed by atoms with Crippen LogP contribution in [0.5, 0.6) is 0 Å². The molecule has 21 heavy (non-hydrogen) atoms. The van der Waals surface area contributed by atoms with Crippen molar-refractivity contribution in [3.05, 3.63) is 18.7 Å². The summed E-state index contributed by atoms with van der Waals surface area (Å²) in [6, 6.07) is 0. The standard InChI is InChI=1S/C16H31N2.CH2O2/c1-3-4-5-6-7-8-9-10-11-12-13-18-15-14-17(2)16-18;2-1-3/h14-16H,3-13H2,1-2H3;1H,(H,2,3)/q+1;/p-1. The van der Waals surface area contributed by atoms with E-state index >= 15 is 0 Å². The first-order valence-electron chi connectivity index (χ1n) is 8.31. The lowest BCUT2D eigenvalue weighted by atomic mass is 10.1. The van der Waals surface area contributed by atoms with Crippen LogP contribution in [0.2, 0.25) is 0 Å². The van der Waals surface area contributed by atoms with Gasteiger partial charge in [-0.05, 0) is 12.8 Å². The summed E-state index contributed by atoms with van der Waals surface area (Å²) in [6.07, 6.45) is 20.6. The number of aromatic nitrogens is 2. The molecule has 122 valence electrons. The third-order valence-electron chi connectivity index (χ3n) is 3.59. The second kappa shape index (κ2) is 15.1. The van der Waals surface area contributed by atoms with Crippen molar-refractivity contribution < 1.29 is 14.5 Å². The van der Waals surface area contributed by atoms with Crippen molar-refractivity contribution in [2.45, 2.75) is 77.7 Å². The second-order valence-electron chi connectivity index (χ2n) is 5.60. The number of rotatable bonds is 11. The number of nitrogens with zero attached hydrogens (tertiary/aromatic N) is 2. The van der Waals surface area contributed by atoms with Crippen LogP contribution in [-0.4, -0.2) is 11.0 Å². The predicted molar refractivity (Wildman–Crippen MR) is 83.5 cm³/mol. The van der Waals surface area contributed by atoms with Gasteiger partial charge < -0.3 is 9.90 Å². The van der Waals surface area contributed by atoms with Crippen molar-refractivity contribution in [1.82, 2.24) is 4.57 Å². The number of hydrogen-bond donors (Lipinski definition) is 0. The van der Waals surface area contributed by atoms with Crippen molar-refractivity contribution in [3.63, 3.8) is 0 Å². The molecule has 0 unspecified atom stereocenters. The summed E-state index contributed by atoms with van der Waals surface area (Å²) < 4.78 is 4.39. The van der Waals surface area contributed by atoms with Crippen molar-refractivity contribution >= 4 is 6.47 Å². The van der Waals surface area contributed by atoms with E-state index in [9.17, 15) is 0 Å². The van der Waals surface area contributed by atoms with Crippen LogP contribution in [0.3, 0.4) is 0 Å². The van der Waals surface area contributed by atoms with Gasteiger partial charge in [-0.25, -0.2) is 9.13 Å². The van der Waals surface area contributed by atoms with Crippen LogP contribution < -0.4 is 9.67 Å². The quantitative estimate of drug-likeness (QED) is 0.358. The molecule has 0 saturated carbocycles. The van der Waals surface area contributed by atoms with E-state index in [4.69, 9.17) is 9.90 Å². The molecule has 0 aliphatic rings. The van der Waals surface area contributed by atoms with E-state index in [1.54, 1.807) is 0 Å². The van der Waals surface area contributed by atoms with Gasteiger partial charge in [-0.3, -0.25) is 0 Å². The zero-order valence-corrected chi connectivity index (χ0v) is 13.8. The van der Waals surface area contributed by atoms with Crippen molar-refractivity contribution in [3.8, 4) is 0 Å². The summed E-state index contributed by atoms with van der Waals surface area (Å²) in [5, 5.41) is 8.25. The Balaban J connectivity index is 0.00000122. The maximum atomic E-state index is 8.25. The highest BCUT2D eigenvalue weighted by Gasteiger charge is 1.99. The van der Waals surface area contributed by atoms with Gasteiger partial charge in [0.15, 0.2) is 0 Å². The van der Waals surface area contributed by atoms with Gasteiger partial charge >= 0.3 is 0 Å². The van der Waals surface area contributed by atoms with Gasteiger partial charge in [0, 0.05) is 6.47 Å². The Morgan fingerprint density at radius 2 is 1.48 bits per heavy atom. The monoisotopic (exact) mass is 296 g/mol. The Labute approximate surface area is 129 Å². The summed E-state index contributed by atoms with van der Waals surface area (Å²) >= 11 is 0. The highest BCUT2D eigenvalue weighted by molar-refractivity contribution is 5.29. The average molecular weight is 296 g/mol. The van der Waals surface area contributed by atoms with Gasteiger partial charge in [0.05, 0.1) is 13.6 Å². The Hall–Kier alpha value is -1.32. The lowest BCUT2D eigenvalue weighted by Crippen LogP contribution is -2.30. The van der Waals surface area contributed by atoms with Gasteiger partial charge in [0.2, 0.25) is 6.33 Å². The van der Waals surface area contributed by atoms with Gasteiger partial charge in [0.1, 0.15) is 12.4 Å². The highest BCUT2D eigenvalue weighted by atomic mass is 16.3. The molecule has 0 aliphatic heterocycles. The third kappa shape index (κ3) is 13.4. The van der Waals surface area contributed by atoms with Gasteiger partial charge in [-0.2, -0.15) is 0 Å². The molecule has 1 rings (SSSR count). The molecule has 1 aromatic rings. The van der Waals surface area contributed by atoms with Crippen LogP contribution in [0.25, 0.3) is 0 Å². The number of carbonyl (C=O) groups excluding carboxylic acids is 1. The first-order valence-corrected chi connectivity index (χ1v) is 8.31. The largest absolute Gasteiger partial charge is 0.554 e. The maximum Gasteiger partial charge on any atom is 0.243 e. The number of carboxylic acid groups (broad SMARTS) is 1. The molecule has 1 aromatic heterocycles. The lowest BCUT2D eigenvalue weighted by Gasteiger charge is -2.01. The second-order valence-corrected chi connectivity index (χ2v) is 5.60. The van der Waals surface area contributed by atoms with E-state index in [0.29, 0.717) is 0 Å². The maximum absolute atomic E-state index is 8.25. The summed E-state index contributed by atoms with van der Waals surface area (Å²) in [5.41, 5.74) is 0. The van der Waals surface area contributed by atoms with Crippen molar-refractivity contribution in [1.29, 1.82) is 0 Å². The molecule has 0 fully saturated rings. The van der Waals surface area contributed by atoms with E-state index in [2.05, 4.69) is 41.8 Å². The van der Waals surface area contributed by atoms with Gasteiger partial charge in [-0.15, -0.1) is 0 Å².